The Balaban J connectivity index is 2.12. The molecule has 0 aliphatic heterocycles. The molecule has 0 spiro atoms. The Bertz CT molecular complexity index is 540. The van der Waals surface area contributed by atoms with Gasteiger partial charge < -0.3 is 0 Å². The van der Waals surface area contributed by atoms with E-state index >= 15 is 0 Å². The Hall–Kier alpha value is -1.05. The van der Waals surface area contributed by atoms with Crippen LogP contribution in [0.2, 0.25) is 5.02 Å². The van der Waals surface area contributed by atoms with Gasteiger partial charge in [0.1, 0.15) is 5.82 Å². The average molecular weight is 297 g/mol. The second kappa shape index (κ2) is 6.40. The van der Waals surface area contributed by atoms with Gasteiger partial charge in [0.25, 0.3) is 0 Å². The predicted molar refractivity (Wildman–Crippen MR) is 79.3 cm³/mol. The Morgan fingerprint density at radius 1 is 1.11 bits per heavy atom. The monoisotopic (exact) mass is 296 g/mol. The topological polar surface area (TPSA) is 0 Å². The van der Waals surface area contributed by atoms with Crippen LogP contribution in [0.5, 0.6) is 0 Å². The third kappa shape index (κ3) is 3.71. The van der Waals surface area contributed by atoms with Crippen LogP contribution in [-0.4, -0.2) is 0 Å². The van der Waals surface area contributed by atoms with Crippen LogP contribution >= 0.6 is 23.2 Å². The highest BCUT2D eigenvalue weighted by molar-refractivity contribution is 6.31. The van der Waals surface area contributed by atoms with Gasteiger partial charge in [-0.15, -0.1) is 11.6 Å². The molecular formula is C16H15Cl2F. The second-order valence-electron chi connectivity index (χ2n) is 4.73. The van der Waals surface area contributed by atoms with E-state index in [1.54, 1.807) is 6.07 Å². The van der Waals surface area contributed by atoms with Gasteiger partial charge in [-0.05, 0) is 41.7 Å². The molecule has 0 fully saturated rings. The van der Waals surface area contributed by atoms with Crippen LogP contribution in [0.25, 0.3) is 0 Å². The molecule has 0 aliphatic rings. The van der Waals surface area contributed by atoms with Crippen molar-refractivity contribution in [1.29, 1.82) is 0 Å². The fraction of sp³-hybridized carbons (Fsp3) is 0.250. The van der Waals surface area contributed by atoms with Crippen molar-refractivity contribution in [1.82, 2.24) is 0 Å². The molecule has 3 heteroatoms. The van der Waals surface area contributed by atoms with E-state index in [2.05, 4.69) is 0 Å². The highest BCUT2D eigenvalue weighted by atomic mass is 35.5. The normalized spacial score (nSPS) is 14.1. The van der Waals surface area contributed by atoms with Crippen LogP contribution in [0.15, 0.2) is 48.5 Å². The van der Waals surface area contributed by atoms with Crippen LogP contribution in [0.4, 0.5) is 4.39 Å². The highest BCUT2D eigenvalue weighted by Gasteiger charge is 2.18. The SMILES string of the molecule is CC(Cc1cc(F)ccc1Cl)C(Cl)c1ccccc1. The van der Waals surface area contributed by atoms with Gasteiger partial charge in [-0.25, -0.2) is 4.39 Å². The van der Waals surface area contributed by atoms with Gasteiger partial charge in [0.15, 0.2) is 0 Å². The smallest absolute Gasteiger partial charge is 0.123 e. The van der Waals surface area contributed by atoms with Crippen LogP contribution in [0, 0.1) is 11.7 Å². The Labute approximate surface area is 123 Å². The summed E-state index contributed by atoms with van der Waals surface area (Å²) >= 11 is 12.5. The Morgan fingerprint density at radius 3 is 2.47 bits per heavy atom. The van der Waals surface area contributed by atoms with Crippen molar-refractivity contribution in [2.45, 2.75) is 18.7 Å². The van der Waals surface area contributed by atoms with Gasteiger partial charge >= 0.3 is 0 Å². The van der Waals surface area contributed by atoms with E-state index < -0.39 is 0 Å². The average Bonchev–Trinajstić information content (AvgIpc) is 2.43. The number of hydrogen-bond acceptors (Lipinski definition) is 0. The lowest BCUT2D eigenvalue weighted by molar-refractivity contribution is 0.554. The predicted octanol–water partition coefficient (Wildman–Crippen LogP) is 5.64. The van der Waals surface area contributed by atoms with Gasteiger partial charge in [0.2, 0.25) is 0 Å². The van der Waals surface area contributed by atoms with Crippen molar-refractivity contribution in [2.24, 2.45) is 5.92 Å². The minimum absolute atomic E-state index is 0.111. The summed E-state index contributed by atoms with van der Waals surface area (Å²) in [7, 11) is 0. The van der Waals surface area contributed by atoms with E-state index in [1.807, 2.05) is 37.3 Å². The molecule has 0 nitrogen and oxygen atoms in total. The van der Waals surface area contributed by atoms with E-state index in [9.17, 15) is 4.39 Å². The molecule has 0 bridgehead atoms. The summed E-state index contributed by atoms with van der Waals surface area (Å²) in [6.45, 7) is 2.05. The first-order chi connectivity index (χ1) is 9.08. The zero-order valence-electron chi connectivity index (χ0n) is 10.6. The van der Waals surface area contributed by atoms with Gasteiger partial charge in [0.05, 0.1) is 5.38 Å². The van der Waals surface area contributed by atoms with E-state index in [1.165, 1.54) is 12.1 Å². The summed E-state index contributed by atoms with van der Waals surface area (Å²) in [4.78, 5) is 0. The maximum absolute atomic E-state index is 13.2. The molecule has 0 radical (unpaired) electrons. The summed E-state index contributed by atoms with van der Waals surface area (Å²) in [6, 6.07) is 14.3. The minimum atomic E-state index is -0.266. The summed E-state index contributed by atoms with van der Waals surface area (Å²) in [5, 5.41) is 0.478. The van der Waals surface area contributed by atoms with Crippen molar-refractivity contribution in [3.63, 3.8) is 0 Å². The number of rotatable bonds is 4. The Morgan fingerprint density at radius 2 is 1.79 bits per heavy atom. The van der Waals surface area contributed by atoms with Gasteiger partial charge in [0, 0.05) is 5.02 Å². The van der Waals surface area contributed by atoms with Gasteiger partial charge in [-0.1, -0.05) is 48.9 Å². The van der Waals surface area contributed by atoms with Crippen molar-refractivity contribution in [3.05, 3.63) is 70.5 Å². The van der Waals surface area contributed by atoms with Crippen molar-refractivity contribution in [2.75, 3.05) is 0 Å². The quantitative estimate of drug-likeness (QED) is 0.641. The van der Waals surface area contributed by atoms with Crippen LogP contribution in [-0.2, 0) is 6.42 Å². The minimum Gasteiger partial charge on any atom is -0.207 e. The summed E-state index contributed by atoms with van der Waals surface area (Å²) in [6.07, 6.45) is 0.652. The van der Waals surface area contributed by atoms with Crippen LogP contribution < -0.4 is 0 Å². The van der Waals surface area contributed by atoms with E-state index in [4.69, 9.17) is 23.2 Å². The van der Waals surface area contributed by atoms with E-state index in [0.717, 1.165) is 11.1 Å². The molecule has 0 saturated carbocycles. The molecule has 2 unspecified atom stereocenters. The largest absolute Gasteiger partial charge is 0.207 e. The lowest BCUT2D eigenvalue weighted by Crippen LogP contribution is -2.08. The summed E-state index contributed by atoms with van der Waals surface area (Å²) < 4.78 is 13.2. The van der Waals surface area contributed by atoms with Gasteiger partial charge in [-0.2, -0.15) is 0 Å². The summed E-state index contributed by atoms with van der Waals surface area (Å²) in [5.74, 6) is -0.0965. The van der Waals surface area contributed by atoms with Crippen molar-refractivity contribution < 1.29 is 4.39 Å². The molecule has 0 heterocycles. The standard InChI is InChI=1S/C16H15Cl2F/c1-11(16(18)12-5-3-2-4-6-12)9-13-10-14(19)7-8-15(13)17/h2-8,10-11,16H,9H2,1H3. The first-order valence-electron chi connectivity index (χ1n) is 6.21. The molecular weight excluding hydrogens is 282 g/mol. The second-order valence-corrected chi connectivity index (χ2v) is 5.61. The number of hydrogen-bond donors (Lipinski definition) is 0. The lowest BCUT2D eigenvalue weighted by atomic mass is 9.93. The third-order valence-electron chi connectivity index (χ3n) is 3.17. The zero-order valence-corrected chi connectivity index (χ0v) is 12.1. The lowest BCUT2D eigenvalue weighted by Gasteiger charge is -2.19. The van der Waals surface area contributed by atoms with Crippen LogP contribution in [0.3, 0.4) is 0 Å². The molecule has 2 aromatic carbocycles. The number of benzene rings is 2. The third-order valence-corrected chi connectivity index (χ3v) is 4.22. The molecule has 0 N–H and O–H groups in total. The molecule has 0 aromatic heterocycles. The van der Waals surface area contributed by atoms with E-state index in [0.29, 0.717) is 11.4 Å². The van der Waals surface area contributed by atoms with E-state index in [-0.39, 0.29) is 17.1 Å². The maximum Gasteiger partial charge on any atom is 0.123 e. The molecule has 2 atom stereocenters. The fourth-order valence-electron chi connectivity index (χ4n) is 2.12. The van der Waals surface area contributed by atoms with Crippen molar-refractivity contribution >= 4 is 23.2 Å². The van der Waals surface area contributed by atoms with Gasteiger partial charge in [-0.3, -0.25) is 0 Å². The molecule has 100 valence electrons. The molecule has 0 saturated heterocycles. The fourth-order valence-corrected chi connectivity index (χ4v) is 2.54. The molecule has 2 aromatic rings. The first-order valence-corrected chi connectivity index (χ1v) is 7.02. The molecule has 0 amide bonds. The summed E-state index contributed by atoms with van der Waals surface area (Å²) in [5.41, 5.74) is 1.87. The Kier molecular flexibility index (Phi) is 4.84. The molecule has 0 aliphatic carbocycles. The highest BCUT2D eigenvalue weighted by Crippen LogP contribution is 2.32. The maximum atomic E-state index is 13.2. The van der Waals surface area contributed by atoms with Crippen molar-refractivity contribution in [3.8, 4) is 0 Å². The molecule has 2 rings (SSSR count). The zero-order chi connectivity index (χ0) is 13.8. The number of halogens is 3. The first kappa shape index (κ1) is 14.4. The van der Waals surface area contributed by atoms with Crippen LogP contribution in [0.1, 0.15) is 23.4 Å². The number of alkyl halides is 1. The molecule has 19 heavy (non-hydrogen) atoms.